The lowest BCUT2D eigenvalue weighted by Gasteiger charge is -2.01. The molecule has 0 unspecified atom stereocenters. The molecule has 25 heavy (non-hydrogen) atoms. The van der Waals surface area contributed by atoms with Gasteiger partial charge in [0.25, 0.3) is 5.91 Å². The van der Waals surface area contributed by atoms with Crippen LogP contribution in [0.3, 0.4) is 0 Å². The average Bonchev–Trinajstić information content (AvgIpc) is 2.90. The monoisotopic (exact) mass is 374 g/mol. The van der Waals surface area contributed by atoms with Gasteiger partial charge in [-0.25, -0.2) is 9.79 Å². The maximum Gasteiger partial charge on any atom is 0.339 e. The standard InChI is InChI=1S/C17H11ClN2O4S/c18-10-3-1-9(2-4-10)7-14-15(22)20-17(25-14)19-11-5-6-13(21)12(8-11)16(23)24/h1-8,21H,(H,23,24)(H,19,20,22)/b14-7-. The fraction of sp³-hybridized carbons (Fsp3) is 0. The van der Waals surface area contributed by atoms with Crippen molar-refractivity contribution < 1.29 is 19.8 Å². The first-order valence-electron chi connectivity index (χ1n) is 7.04. The number of amidine groups is 1. The van der Waals surface area contributed by atoms with Crippen molar-refractivity contribution in [3.05, 3.63) is 63.5 Å². The molecule has 0 aliphatic carbocycles. The lowest BCUT2D eigenvalue weighted by molar-refractivity contribution is -0.115. The number of aromatic carboxylic acids is 1. The summed E-state index contributed by atoms with van der Waals surface area (Å²) in [4.78, 5) is 27.7. The average molecular weight is 375 g/mol. The van der Waals surface area contributed by atoms with Crippen molar-refractivity contribution in [2.24, 2.45) is 4.99 Å². The SMILES string of the molecule is O=C1NC(=Nc2ccc(O)c(C(=O)O)c2)S/C1=C\c1ccc(Cl)cc1. The van der Waals surface area contributed by atoms with Gasteiger partial charge in [-0.1, -0.05) is 23.7 Å². The Morgan fingerprint density at radius 2 is 1.92 bits per heavy atom. The van der Waals surface area contributed by atoms with Crippen LogP contribution in [0.15, 0.2) is 52.4 Å². The highest BCUT2D eigenvalue weighted by Gasteiger charge is 2.24. The van der Waals surface area contributed by atoms with Crippen molar-refractivity contribution in [3.8, 4) is 5.75 Å². The number of thioether (sulfide) groups is 1. The summed E-state index contributed by atoms with van der Waals surface area (Å²) in [6, 6.07) is 11.0. The number of amides is 1. The number of hydrogen-bond acceptors (Lipinski definition) is 5. The molecule has 0 bridgehead atoms. The first-order valence-corrected chi connectivity index (χ1v) is 8.23. The van der Waals surface area contributed by atoms with Gasteiger partial charge in [0.2, 0.25) is 0 Å². The van der Waals surface area contributed by atoms with Gasteiger partial charge in [0.1, 0.15) is 11.3 Å². The first-order chi connectivity index (χ1) is 11.9. The zero-order valence-electron chi connectivity index (χ0n) is 12.6. The van der Waals surface area contributed by atoms with E-state index in [-0.39, 0.29) is 17.2 Å². The lowest BCUT2D eigenvalue weighted by Crippen LogP contribution is -2.19. The van der Waals surface area contributed by atoms with Crippen LogP contribution in [0.2, 0.25) is 5.02 Å². The van der Waals surface area contributed by atoms with Crippen molar-refractivity contribution in [2.45, 2.75) is 0 Å². The summed E-state index contributed by atoms with van der Waals surface area (Å²) in [5.74, 6) is -1.90. The van der Waals surface area contributed by atoms with Crippen LogP contribution >= 0.6 is 23.4 Å². The molecule has 1 heterocycles. The van der Waals surface area contributed by atoms with E-state index in [1.54, 1.807) is 30.3 Å². The van der Waals surface area contributed by atoms with Gasteiger partial charge in [0.05, 0.1) is 10.6 Å². The number of benzene rings is 2. The Balaban J connectivity index is 1.85. The highest BCUT2D eigenvalue weighted by atomic mass is 35.5. The highest BCUT2D eigenvalue weighted by Crippen LogP contribution is 2.30. The second kappa shape index (κ2) is 7.00. The summed E-state index contributed by atoms with van der Waals surface area (Å²) >= 11 is 6.97. The molecule has 1 fully saturated rings. The smallest absolute Gasteiger partial charge is 0.339 e. The predicted molar refractivity (Wildman–Crippen MR) is 97.3 cm³/mol. The molecule has 126 valence electrons. The number of hydrogen-bond donors (Lipinski definition) is 3. The third kappa shape index (κ3) is 4.01. The molecule has 0 spiro atoms. The minimum absolute atomic E-state index is 0.256. The topological polar surface area (TPSA) is 99.0 Å². The number of halogens is 1. The molecule has 2 aromatic rings. The molecule has 3 N–H and O–H groups in total. The van der Waals surface area contributed by atoms with E-state index in [4.69, 9.17) is 16.7 Å². The number of carbonyl (C=O) groups is 2. The van der Waals surface area contributed by atoms with E-state index < -0.39 is 5.97 Å². The summed E-state index contributed by atoms with van der Waals surface area (Å²) in [5.41, 5.74) is 0.875. The zero-order valence-corrected chi connectivity index (χ0v) is 14.1. The quantitative estimate of drug-likeness (QED) is 0.712. The molecule has 0 atom stereocenters. The van der Waals surface area contributed by atoms with E-state index in [9.17, 15) is 14.7 Å². The van der Waals surface area contributed by atoms with Crippen molar-refractivity contribution in [2.75, 3.05) is 0 Å². The minimum Gasteiger partial charge on any atom is -0.507 e. The van der Waals surface area contributed by atoms with Crippen LogP contribution in [-0.4, -0.2) is 27.3 Å². The van der Waals surface area contributed by atoms with E-state index in [1.807, 2.05) is 0 Å². The maximum absolute atomic E-state index is 12.0. The lowest BCUT2D eigenvalue weighted by atomic mass is 10.2. The van der Waals surface area contributed by atoms with Gasteiger partial charge in [-0.3, -0.25) is 4.79 Å². The maximum atomic E-state index is 12.0. The Labute approximate surface area is 151 Å². The largest absolute Gasteiger partial charge is 0.507 e. The fourth-order valence-corrected chi connectivity index (χ4v) is 3.04. The van der Waals surface area contributed by atoms with Crippen LogP contribution in [-0.2, 0) is 4.79 Å². The number of carboxylic acids is 1. The normalized spacial score (nSPS) is 17.1. The molecule has 1 aliphatic heterocycles. The Hall–Kier alpha value is -2.77. The van der Waals surface area contributed by atoms with Crippen LogP contribution in [0, 0.1) is 0 Å². The molecule has 1 saturated heterocycles. The predicted octanol–water partition coefficient (Wildman–Crippen LogP) is 3.64. The fourth-order valence-electron chi connectivity index (χ4n) is 2.07. The van der Waals surface area contributed by atoms with Crippen molar-refractivity contribution in [1.29, 1.82) is 0 Å². The van der Waals surface area contributed by atoms with Crippen LogP contribution in [0.1, 0.15) is 15.9 Å². The second-order valence-corrected chi connectivity index (χ2v) is 6.51. The molecule has 1 amide bonds. The van der Waals surface area contributed by atoms with Gasteiger partial charge in [0, 0.05) is 5.02 Å². The van der Waals surface area contributed by atoms with Gasteiger partial charge in [-0.05, 0) is 53.7 Å². The highest BCUT2D eigenvalue weighted by molar-refractivity contribution is 8.18. The number of nitrogens with one attached hydrogen (secondary N) is 1. The minimum atomic E-state index is -1.26. The summed E-state index contributed by atoms with van der Waals surface area (Å²) in [6.07, 6.45) is 1.71. The molecule has 3 rings (SSSR count). The van der Waals surface area contributed by atoms with E-state index in [0.29, 0.717) is 20.8 Å². The van der Waals surface area contributed by atoms with Gasteiger partial charge in [-0.15, -0.1) is 0 Å². The van der Waals surface area contributed by atoms with Crippen LogP contribution in [0.25, 0.3) is 6.08 Å². The molecule has 0 radical (unpaired) electrons. The molecule has 8 heteroatoms. The van der Waals surface area contributed by atoms with E-state index in [2.05, 4.69) is 10.3 Å². The zero-order chi connectivity index (χ0) is 18.0. The Kier molecular flexibility index (Phi) is 4.78. The molecular weight excluding hydrogens is 364 g/mol. The Morgan fingerprint density at radius 3 is 2.60 bits per heavy atom. The summed E-state index contributed by atoms with van der Waals surface area (Å²) in [5, 5.41) is 22.1. The number of carbonyl (C=O) groups excluding carboxylic acids is 1. The molecule has 0 aromatic heterocycles. The Morgan fingerprint density at radius 1 is 1.20 bits per heavy atom. The number of carboxylic acid groups (broad SMARTS) is 1. The van der Waals surface area contributed by atoms with E-state index in [0.717, 1.165) is 17.3 Å². The van der Waals surface area contributed by atoms with E-state index in [1.165, 1.54) is 18.2 Å². The van der Waals surface area contributed by atoms with Gasteiger partial charge in [-0.2, -0.15) is 0 Å². The van der Waals surface area contributed by atoms with Crippen molar-refractivity contribution >= 4 is 52.2 Å². The van der Waals surface area contributed by atoms with Gasteiger partial charge in [0.15, 0.2) is 5.17 Å². The number of rotatable bonds is 3. The molecule has 0 saturated carbocycles. The van der Waals surface area contributed by atoms with Crippen molar-refractivity contribution in [3.63, 3.8) is 0 Å². The number of aromatic hydroxyl groups is 1. The first kappa shape index (κ1) is 17.1. The van der Waals surface area contributed by atoms with E-state index >= 15 is 0 Å². The summed E-state index contributed by atoms with van der Waals surface area (Å²) in [7, 11) is 0. The second-order valence-electron chi connectivity index (χ2n) is 5.04. The number of phenols is 1. The summed E-state index contributed by atoms with van der Waals surface area (Å²) < 4.78 is 0. The van der Waals surface area contributed by atoms with Crippen LogP contribution in [0.5, 0.6) is 5.75 Å². The third-order valence-electron chi connectivity index (χ3n) is 3.26. The van der Waals surface area contributed by atoms with Crippen LogP contribution in [0.4, 0.5) is 5.69 Å². The third-order valence-corrected chi connectivity index (χ3v) is 4.42. The number of nitrogens with zero attached hydrogens (tertiary/aromatic N) is 1. The number of aliphatic imine (C=N–C) groups is 1. The molecular formula is C17H11ClN2O4S. The van der Waals surface area contributed by atoms with Crippen molar-refractivity contribution in [1.82, 2.24) is 5.32 Å². The molecule has 6 nitrogen and oxygen atoms in total. The molecule has 2 aromatic carbocycles. The summed E-state index contributed by atoms with van der Waals surface area (Å²) in [6.45, 7) is 0. The van der Waals surface area contributed by atoms with Crippen LogP contribution < -0.4 is 5.32 Å². The molecule has 1 aliphatic rings. The van der Waals surface area contributed by atoms with Gasteiger partial charge < -0.3 is 15.5 Å². The van der Waals surface area contributed by atoms with Gasteiger partial charge >= 0.3 is 5.97 Å². The Bertz CT molecular complexity index is 923.